The summed E-state index contributed by atoms with van der Waals surface area (Å²) in [6.45, 7) is 3.01. The lowest BCUT2D eigenvalue weighted by Gasteiger charge is -2.10. The van der Waals surface area contributed by atoms with Crippen molar-refractivity contribution < 1.29 is 9.53 Å². The van der Waals surface area contributed by atoms with Gasteiger partial charge in [-0.25, -0.2) is 0 Å². The predicted octanol–water partition coefficient (Wildman–Crippen LogP) is 4.77. The fourth-order valence-corrected chi connectivity index (χ4v) is 4.18. The number of aromatic amines is 1. The Hall–Kier alpha value is -2.81. The molecular formula is C22H22ClN5O2S. The molecule has 0 atom stereocenters. The second-order valence-corrected chi connectivity index (χ2v) is 8.35. The molecule has 0 unspecified atom stereocenters. The lowest BCUT2D eigenvalue weighted by Crippen LogP contribution is -2.15. The summed E-state index contributed by atoms with van der Waals surface area (Å²) >= 11 is 7.47. The molecule has 0 fully saturated rings. The summed E-state index contributed by atoms with van der Waals surface area (Å²) in [7, 11) is 1.66. The molecule has 31 heavy (non-hydrogen) atoms. The van der Waals surface area contributed by atoms with Crippen LogP contribution in [-0.4, -0.2) is 45.1 Å². The average Bonchev–Trinajstić information content (AvgIpc) is 3.37. The van der Waals surface area contributed by atoms with Gasteiger partial charge in [-0.2, -0.15) is 0 Å². The van der Waals surface area contributed by atoms with Crippen molar-refractivity contribution in [3.05, 3.63) is 59.2 Å². The van der Waals surface area contributed by atoms with E-state index in [0.29, 0.717) is 29.0 Å². The predicted molar refractivity (Wildman–Crippen MR) is 125 cm³/mol. The molecule has 0 aliphatic carbocycles. The second-order valence-electron chi connectivity index (χ2n) is 7.00. The van der Waals surface area contributed by atoms with Gasteiger partial charge in [0.15, 0.2) is 11.0 Å². The minimum atomic E-state index is -0.139. The first-order chi connectivity index (χ1) is 15.1. The van der Waals surface area contributed by atoms with Crippen molar-refractivity contribution in [2.45, 2.75) is 18.6 Å². The van der Waals surface area contributed by atoms with Crippen LogP contribution in [0.2, 0.25) is 5.02 Å². The summed E-state index contributed by atoms with van der Waals surface area (Å²) in [6, 6.07) is 13.5. The highest BCUT2D eigenvalue weighted by atomic mass is 35.5. The molecule has 4 aromatic rings. The number of thioether (sulfide) groups is 1. The zero-order valence-electron chi connectivity index (χ0n) is 17.2. The van der Waals surface area contributed by atoms with Gasteiger partial charge in [-0.1, -0.05) is 47.6 Å². The molecule has 0 saturated heterocycles. The van der Waals surface area contributed by atoms with Gasteiger partial charge in [0.2, 0.25) is 5.91 Å². The first-order valence-electron chi connectivity index (χ1n) is 9.74. The van der Waals surface area contributed by atoms with Crippen molar-refractivity contribution in [2.24, 2.45) is 0 Å². The Morgan fingerprint density at radius 3 is 2.90 bits per heavy atom. The summed E-state index contributed by atoms with van der Waals surface area (Å²) in [5, 5.41) is 14.0. The third-order valence-corrected chi connectivity index (χ3v) is 6.23. The number of methoxy groups -OCH3 is 1. The minimum absolute atomic E-state index is 0.139. The third kappa shape index (κ3) is 4.76. The maximum atomic E-state index is 12.5. The number of H-pyrrole nitrogens is 1. The number of aromatic nitrogens is 4. The van der Waals surface area contributed by atoms with Gasteiger partial charge >= 0.3 is 0 Å². The number of hydrogen-bond donors (Lipinski definition) is 2. The van der Waals surface area contributed by atoms with Crippen LogP contribution in [0.4, 0.5) is 5.69 Å². The molecule has 0 aliphatic heterocycles. The summed E-state index contributed by atoms with van der Waals surface area (Å²) in [4.78, 5) is 15.7. The van der Waals surface area contributed by atoms with E-state index in [2.05, 4.69) is 20.5 Å². The molecule has 4 rings (SSSR count). The van der Waals surface area contributed by atoms with Crippen molar-refractivity contribution in [1.82, 2.24) is 19.7 Å². The Morgan fingerprint density at radius 2 is 2.10 bits per heavy atom. The van der Waals surface area contributed by atoms with Crippen LogP contribution in [0.15, 0.2) is 53.8 Å². The van der Waals surface area contributed by atoms with Crippen LogP contribution in [0, 0.1) is 6.92 Å². The highest BCUT2D eigenvalue weighted by Crippen LogP contribution is 2.30. The van der Waals surface area contributed by atoms with Crippen LogP contribution in [0.1, 0.15) is 5.56 Å². The van der Waals surface area contributed by atoms with Crippen LogP contribution < -0.4 is 5.32 Å². The topological polar surface area (TPSA) is 84.8 Å². The molecular weight excluding hydrogens is 434 g/mol. The van der Waals surface area contributed by atoms with Crippen LogP contribution >= 0.6 is 23.4 Å². The maximum Gasteiger partial charge on any atom is 0.234 e. The van der Waals surface area contributed by atoms with Gasteiger partial charge < -0.3 is 15.0 Å². The fraction of sp³-hybridized carbons (Fsp3) is 0.227. The summed E-state index contributed by atoms with van der Waals surface area (Å²) in [5.41, 5.74) is 3.63. The van der Waals surface area contributed by atoms with Crippen LogP contribution in [-0.2, 0) is 16.1 Å². The van der Waals surface area contributed by atoms with Gasteiger partial charge in [-0.3, -0.25) is 9.36 Å². The van der Waals surface area contributed by atoms with Crippen molar-refractivity contribution in [2.75, 3.05) is 24.8 Å². The zero-order valence-corrected chi connectivity index (χ0v) is 18.8. The van der Waals surface area contributed by atoms with Crippen molar-refractivity contribution in [3.8, 4) is 11.4 Å². The van der Waals surface area contributed by atoms with E-state index in [9.17, 15) is 4.79 Å². The normalized spacial score (nSPS) is 11.2. The van der Waals surface area contributed by atoms with E-state index in [0.717, 1.165) is 27.9 Å². The number of rotatable bonds is 8. The Kier molecular flexibility index (Phi) is 6.60. The van der Waals surface area contributed by atoms with E-state index in [1.165, 1.54) is 11.8 Å². The number of amides is 1. The quantitative estimate of drug-likeness (QED) is 0.374. The van der Waals surface area contributed by atoms with Gasteiger partial charge in [0.05, 0.1) is 18.9 Å². The zero-order chi connectivity index (χ0) is 21.8. The number of benzene rings is 2. The number of halogens is 1. The highest BCUT2D eigenvalue weighted by Gasteiger charge is 2.18. The molecule has 0 spiro atoms. The molecule has 160 valence electrons. The van der Waals surface area contributed by atoms with Crippen LogP contribution in [0.25, 0.3) is 22.3 Å². The molecule has 0 radical (unpaired) electrons. The van der Waals surface area contributed by atoms with E-state index in [1.807, 2.05) is 54.1 Å². The van der Waals surface area contributed by atoms with E-state index < -0.39 is 0 Å². The second kappa shape index (κ2) is 9.55. The molecule has 2 aromatic heterocycles. The number of hydrogen-bond acceptors (Lipinski definition) is 5. The van der Waals surface area contributed by atoms with Crippen LogP contribution in [0.3, 0.4) is 0 Å². The number of anilines is 1. The number of nitrogens with one attached hydrogen (secondary N) is 2. The smallest absolute Gasteiger partial charge is 0.234 e. The molecule has 7 nitrogen and oxygen atoms in total. The summed E-state index contributed by atoms with van der Waals surface area (Å²) < 4.78 is 7.26. The van der Waals surface area contributed by atoms with Gasteiger partial charge in [-0.05, 0) is 30.7 Å². The minimum Gasteiger partial charge on any atom is -0.383 e. The monoisotopic (exact) mass is 455 g/mol. The number of fused-ring (bicyclic) bond motifs is 1. The van der Waals surface area contributed by atoms with Crippen molar-refractivity contribution >= 4 is 45.9 Å². The number of carbonyl (C=O) groups excluding carboxylic acids is 1. The maximum absolute atomic E-state index is 12.5. The SMILES string of the molecule is COCCn1c(SCC(=O)Nc2ccc(C)c(Cl)c2)nnc1-c1c[nH]c2ccccc12. The van der Waals surface area contributed by atoms with E-state index >= 15 is 0 Å². The van der Waals surface area contributed by atoms with Crippen LogP contribution in [0.5, 0.6) is 0 Å². The Labute approximate surface area is 189 Å². The first-order valence-corrected chi connectivity index (χ1v) is 11.1. The van der Waals surface area contributed by atoms with Gasteiger partial charge in [0, 0.05) is 40.5 Å². The Bertz CT molecular complexity index is 1220. The molecule has 2 aromatic carbocycles. The molecule has 2 heterocycles. The van der Waals surface area contributed by atoms with E-state index in [-0.39, 0.29) is 11.7 Å². The molecule has 2 N–H and O–H groups in total. The first kappa shape index (κ1) is 21.4. The Balaban J connectivity index is 1.52. The molecule has 0 saturated carbocycles. The third-order valence-electron chi connectivity index (χ3n) is 4.85. The highest BCUT2D eigenvalue weighted by molar-refractivity contribution is 7.99. The lowest BCUT2D eigenvalue weighted by molar-refractivity contribution is -0.113. The van der Waals surface area contributed by atoms with E-state index in [1.54, 1.807) is 13.2 Å². The molecule has 1 amide bonds. The summed E-state index contributed by atoms with van der Waals surface area (Å²) in [5.74, 6) is 0.799. The lowest BCUT2D eigenvalue weighted by atomic mass is 10.1. The fourth-order valence-electron chi connectivity index (χ4n) is 3.23. The van der Waals surface area contributed by atoms with Gasteiger partial charge in [0.1, 0.15) is 0 Å². The van der Waals surface area contributed by atoms with Crippen molar-refractivity contribution in [1.29, 1.82) is 0 Å². The number of para-hydroxylation sites is 1. The molecule has 0 aliphatic rings. The van der Waals surface area contributed by atoms with Crippen molar-refractivity contribution in [3.63, 3.8) is 0 Å². The Morgan fingerprint density at radius 1 is 1.26 bits per heavy atom. The van der Waals surface area contributed by atoms with Gasteiger partial charge in [-0.15, -0.1) is 10.2 Å². The standard InChI is InChI=1S/C22H22ClN5O2S/c1-14-7-8-15(11-18(14)23)25-20(29)13-31-22-27-26-21(28(22)9-10-30-2)17-12-24-19-6-4-3-5-16(17)19/h3-8,11-12,24H,9-10,13H2,1-2H3,(H,25,29). The largest absolute Gasteiger partial charge is 0.383 e. The summed E-state index contributed by atoms with van der Waals surface area (Å²) in [6.07, 6.45) is 1.93. The molecule has 9 heteroatoms. The average molecular weight is 456 g/mol. The number of carbonyl (C=O) groups is 1. The molecule has 0 bridgehead atoms. The number of ether oxygens (including phenoxy) is 1. The van der Waals surface area contributed by atoms with Gasteiger partial charge in [0.25, 0.3) is 0 Å². The number of aryl methyl sites for hydroxylation is 1. The number of nitrogens with zero attached hydrogens (tertiary/aromatic N) is 3. The van der Waals surface area contributed by atoms with E-state index in [4.69, 9.17) is 16.3 Å².